The van der Waals surface area contributed by atoms with Gasteiger partial charge in [-0.15, -0.1) is 0 Å². The first-order valence-corrected chi connectivity index (χ1v) is 8.63. The van der Waals surface area contributed by atoms with E-state index in [1.54, 1.807) is 0 Å². The Morgan fingerprint density at radius 3 is 2.75 bits per heavy atom. The molecular formula is C18H17N3O2S. The number of carbonyl (C=O) groups is 1. The number of rotatable bonds is 4. The Labute approximate surface area is 144 Å². The van der Waals surface area contributed by atoms with Gasteiger partial charge >= 0.3 is 6.09 Å². The molecule has 1 N–H and O–H groups in total. The summed E-state index contributed by atoms with van der Waals surface area (Å²) >= 11 is 1.51. The van der Waals surface area contributed by atoms with Gasteiger partial charge < -0.3 is 15.0 Å². The molecule has 4 rings (SSSR count). The van der Waals surface area contributed by atoms with Crippen molar-refractivity contribution in [3.8, 4) is 0 Å². The monoisotopic (exact) mass is 339 g/mol. The van der Waals surface area contributed by atoms with Crippen molar-refractivity contribution in [3.05, 3.63) is 60.2 Å². The summed E-state index contributed by atoms with van der Waals surface area (Å²) in [6.45, 7) is 1.81. The first-order valence-electron chi connectivity index (χ1n) is 7.86. The van der Waals surface area contributed by atoms with Crippen molar-refractivity contribution < 1.29 is 9.53 Å². The zero-order valence-corrected chi connectivity index (χ0v) is 13.8. The van der Waals surface area contributed by atoms with Crippen LogP contribution in [0.1, 0.15) is 5.56 Å². The molecule has 1 fully saturated rings. The first kappa shape index (κ1) is 15.0. The SMILES string of the molecule is O=C(NC1CN(c2nsc3ccccc23)C1)OCc1ccccc1. The van der Waals surface area contributed by atoms with E-state index in [0.717, 1.165) is 24.5 Å². The van der Waals surface area contributed by atoms with Crippen LogP contribution in [0.5, 0.6) is 0 Å². The van der Waals surface area contributed by atoms with E-state index in [0.29, 0.717) is 6.61 Å². The molecule has 5 nitrogen and oxygen atoms in total. The van der Waals surface area contributed by atoms with Crippen molar-refractivity contribution in [2.45, 2.75) is 12.6 Å². The number of anilines is 1. The molecule has 0 atom stereocenters. The Morgan fingerprint density at radius 1 is 1.17 bits per heavy atom. The van der Waals surface area contributed by atoms with E-state index in [2.05, 4.69) is 26.7 Å². The van der Waals surface area contributed by atoms with Crippen molar-refractivity contribution in [2.24, 2.45) is 0 Å². The number of benzene rings is 2. The molecule has 2 heterocycles. The smallest absolute Gasteiger partial charge is 0.407 e. The lowest BCUT2D eigenvalue weighted by Crippen LogP contribution is -2.59. The van der Waals surface area contributed by atoms with Crippen LogP contribution in [-0.4, -0.2) is 29.6 Å². The highest BCUT2D eigenvalue weighted by Crippen LogP contribution is 2.31. The number of hydrogen-bond donors (Lipinski definition) is 1. The second-order valence-corrected chi connectivity index (χ2v) is 6.62. The minimum absolute atomic E-state index is 0.105. The van der Waals surface area contributed by atoms with Crippen LogP contribution in [0.4, 0.5) is 10.6 Å². The largest absolute Gasteiger partial charge is 0.445 e. The van der Waals surface area contributed by atoms with E-state index >= 15 is 0 Å². The van der Waals surface area contributed by atoms with E-state index in [9.17, 15) is 4.79 Å². The number of nitrogens with zero attached hydrogens (tertiary/aromatic N) is 2. The minimum Gasteiger partial charge on any atom is -0.445 e. The Balaban J connectivity index is 1.28. The van der Waals surface area contributed by atoms with Gasteiger partial charge in [-0.1, -0.05) is 42.5 Å². The summed E-state index contributed by atoms with van der Waals surface area (Å²) in [6.07, 6.45) is -0.369. The highest BCUT2D eigenvalue weighted by Gasteiger charge is 2.31. The molecule has 0 spiro atoms. The summed E-state index contributed by atoms with van der Waals surface area (Å²) < 4.78 is 11.0. The van der Waals surface area contributed by atoms with E-state index in [1.165, 1.54) is 21.6 Å². The van der Waals surface area contributed by atoms with Crippen molar-refractivity contribution in [1.29, 1.82) is 0 Å². The number of nitrogens with one attached hydrogen (secondary N) is 1. The molecule has 1 saturated heterocycles. The topological polar surface area (TPSA) is 54.5 Å². The maximum atomic E-state index is 11.9. The standard InChI is InChI=1S/C18H17N3O2S/c22-18(23-12-13-6-2-1-3-7-13)19-14-10-21(11-14)17-15-8-4-5-9-16(15)24-20-17/h1-9,14H,10-12H2,(H,19,22). The predicted octanol–water partition coefficient (Wildman–Crippen LogP) is 3.41. The lowest BCUT2D eigenvalue weighted by atomic mass is 10.1. The number of fused-ring (bicyclic) bond motifs is 1. The van der Waals surface area contributed by atoms with Crippen molar-refractivity contribution in [3.63, 3.8) is 0 Å². The number of ether oxygens (including phenoxy) is 1. The van der Waals surface area contributed by atoms with E-state index in [4.69, 9.17) is 4.74 Å². The lowest BCUT2D eigenvalue weighted by molar-refractivity contribution is 0.133. The fourth-order valence-corrected chi connectivity index (χ4v) is 3.57. The van der Waals surface area contributed by atoms with Gasteiger partial charge in [0.1, 0.15) is 12.4 Å². The fraction of sp³-hybridized carbons (Fsp3) is 0.222. The van der Waals surface area contributed by atoms with Gasteiger partial charge in [0.05, 0.1) is 10.7 Å². The Morgan fingerprint density at radius 2 is 1.92 bits per heavy atom. The average molecular weight is 339 g/mol. The molecule has 0 bridgehead atoms. The summed E-state index contributed by atoms with van der Waals surface area (Å²) in [5, 5.41) is 4.07. The number of carbonyl (C=O) groups excluding carboxylic acids is 1. The van der Waals surface area contributed by atoms with Crippen molar-refractivity contribution >= 4 is 33.5 Å². The number of hydrogen-bond acceptors (Lipinski definition) is 5. The zero-order chi connectivity index (χ0) is 16.4. The van der Waals surface area contributed by atoms with E-state index in [1.807, 2.05) is 42.5 Å². The van der Waals surface area contributed by atoms with Crippen LogP contribution in [-0.2, 0) is 11.3 Å². The van der Waals surface area contributed by atoms with Gasteiger partial charge in [-0.05, 0) is 29.2 Å². The first-order chi connectivity index (χ1) is 11.8. The summed E-state index contributed by atoms with van der Waals surface area (Å²) in [4.78, 5) is 14.0. The zero-order valence-electron chi connectivity index (χ0n) is 13.0. The molecule has 1 aliphatic rings. The molecule has 0 aliphatic carbocycles. The maximum absolute atomic E-state index is 11.9. The quantitative estimate of drug-likeness (QED) is 0.791. The van der Waals surface area contributed by atoms with Gasteiger partial charge in [0.2, 0.25) is 0 Å². The van der Waals surface area contributed by atoms with Crippen LogP contribution in [0.3, 0.4) is 0 Å². The summed E-state index contributed by atoms with van der Waals surface area (Å²) in [6, 6.07) is 18.0. The molecule has 6 heteroatoms. The van der Waals surface area contributed by atoms with Gasteiger partial charge in [0.25, 0.3) is 0 Å². The third-order valence-corrected chi connectivity index (χ3v) is 4.89. The molecule has 122 valence electrons. The summed E-state index contributed by atoms with van der Waals surface area (Å²) in [5.41, 5.74) is 0.983. The number of aromatic nitrogens is 1. The van der Waals surface area contributed by atoms with Crippen molar-refractivity contribution in [1.82, 2.24) is 9.69 Å². The minimum atomic E-state index is -0.369. The van der Waals surface area contributed by atoms with E-state index < -0.39 is 0 Å². The van der Waals surface area contributed by atoms with Crippen molar-refractivity contribution in [2.75, 3.05) is 18.0 Å². The predicted molar refractivity (Wildman–Crippen MR) is 95.4 cm³/mol. The lowest BCUT2D eigenvalue weighted by Gasteiger charge is -2.39. The molecule has 1 aromatic heterocycles. The molecule has 0 saturated carbocycles. The molecule has 2 aromatic carbocycles. The van der Waals surface area contributed by atoms with Crippen LogP contribution >= 0.6 is 11.5 Å². The average Bonchev–Trinajstić information content (AvgIpc) is 3.00. The van der Waals surface area contributed by atoms with Gasteiger partial charge in [0.15, 0.2) is 0 Å². The number of amides is 1. The Hall–Kier alpha value is -2.60. The summed E-state index contributed by atoms with van der Waals surface area (Å²) in [7, 11) is 0. The molecule has 0 radical (unpaired) electrons. The van der Waals surface area contributed by atoms with Crippen LogP contribution < -0.4 is 10.2 Å². The molecule has 1 aliphatic heterocycles. The second kappa shape index (κ2) is 6.49. The Bertz CT molecular complexity index is 844. The molecule has 3 aromatic rings. The highest BCUT2D eigenvalue weighted by molar-refractivity contribution is 7.13. The Kier molecular flexibility index (Phi) is 4.04. The van der Waals surface area contributed by atoms with Crippen LogP contribution in [0.15, 0.2) is 54.6 Å². The van der Waals surface area contributed by atoms with Gasteiger partial charge in [-0.3, -0.25) is 0 Å². The molecule has 24 heavy (non-hydrogen) atoms. The van der Waals surface area contributed by atoms with Gasteiger partial charge in [-0.25, -0.2) is 4.79 Å². The van der Waals surface area contributed by atoms with Crippen LogP contribution in [0, 0.1) is 0 Å². The number of alkyl carbamates (subject to hydrolysis) is 1. The van der Waals surface area contributed by atoms with Gasteiger partial charge in [0, 0.05) is 18.5 Å². The van der Waals surface area contributed by atoms with Crippen LogP contribution in [0.2, 0.25) is 0 Å². The summed E-state index contributed by atoms with van der Waals surface area (Å²) in [5.74, 6) is 1.01. The molecule has 0 unspecified atom stereocenters. The molecular weight excluding hydrogens is 322 g/mol. The third kappa shape index (κ3) is 3.05. The second-order valence-electron chi connectivity index (χ2n) is 5.81. The third-order valence-electron chi connectivity index (χ3n) is 4.07. The highest BCUT2D eigenvalue weighted by atomic mass is 32.1. The maximum Gasteiger partial charge on any atom is 0.407 e. The van der Waals surface area contributed by atoms with Gasteiger partial charge in [-0.2, -0.15) is 4.37 Å². The fourth-order valence-electron chi connectivity index (χ4n) is 2.77. The van der Waals surface area contributed by atoms with Crippen LogP contribution in [0.25, 0.3) is 10.1 Å². The van der Waals surface area contributed by atoms with E-state index in [-0.39, 0.29) is 12.1 Å². The molecule has 1 amide bonds. The normalized spacial score (nSPS) is 14.4.